The van der Waals surface area contributed by atoms with Crippen molar-refractivity contribution in [3.05, 3.63) is 59.1 Å². The number of carbonyl (C=O) groups is 3. The number of halogens is 4. The summed E-state index contributed by atoms with van der Waals surface area (Å²) >= 11 is 6.01. The first-order chi connectivity index (χ1) is 21.4. The van der Waals surface area contributed by atoms with E-state index in [0.717, 1.165) is 18.4 Å². The minimum absolute atomic E-state index is 0.0137. The molecule has 0 aliphatic heterocycles. The van der Waals surface area contributed by atoms with Gasteiger partial charge in [-0.25, -0.2) is 4.79 Å². The summed E-state index contributed by atoms with van der Waals surface area (Å²) in [5.74, 6) is -2.29. The summed E-state index contributed by atoms with van der Waals surface area (Å²) in [6.45, 7) is -1.57. The summed E-state index contributed by atoms with van der Waals surface area (Å²) in [6.07, 6.45) is -3.00. The molecule has 1 saturated carbocycles. The molecular formula is C28H30ClF3N8O5. The average Bonchev–Trinajstić information content (AvgIpc) is 3.79. The van der Waals surface area contributed by atoms with Crippen LogP contribution < -0.4 is 31.3 Å². The second-order valence-corrected chi connectivity index (χ2v) is 10.4. The fraction of sp³-hybridized carbons (Fsp3) is 0.357. The number of aromatic nitrogens is 3. The van der Waals surface area contributed by atoms with Crippen LogP contribution in [-0.4, -0.2) is 72.3 Å². The van der Waals surface area contributed by atoms with Crippen molar-refractivity contribution in [3.63, 3.8) is 0 Å². The Morgan fingerprint density at radius 3 is 2.20 bits per heavy atom. The van der Waals surface area contributed by atoms with Gasteiger partial charge in [0.2, 0.25) is 11.9 Å². The number of nitrogens with zero attached hydrogens (tertiary/aromatic N) is 3. The molecule has 5 N–H and O–H groups in total. The highest BCUT2D eigenvalue weighted by Crippen LogP contribution is 2.48. The molecule has 0 radical (unpaired) electrons. The first-order valence-corrected chi connectivity index (χ1v) is 14.0. The molecule has 1 atom stereocenters. The third-order valence-electron chi connectivity index (χ3n) is 6.60. The number of hydrogen-bond donors (Lipinski definition) is 5. The topological polar surface area (TPSA) is 168 Å². The monoisotopic (exact) mass is 650 g/mol. The van der Waals surface area contributed by atoms with Crippen molar-refractivity contribution in [1.82, 2.24) is 25.6 Å². The predicted molar refractivity (Wildman–Crippen MR) is 158 cm³/mol. The number of likely N-dealkylation sites (N-methyl/N-ethyl adjacent to an activating group) is 1. The van der Waals surface area contributed by atoms with Crippen molar-refractivity contribution >= 4 is 52.7 Å². The van der Waals surface area contributed by atoms with Gasteiger partial charge in [0.1, 0.15) is 6.04 Å². The van der Waals surface area contributed by atoms with Gasteiger partial charge in [-0.1, -0.05) is 23.7 Å². The number of rotatable bonds is 13. The van der Waals surface area contributed by atoms with Crippen LogP contribution in [0.25, 0.3) is 0 Å². The Kier molecular flexibility index (Phi) is 10.5. The fourth-order valence-corrected chi connectivity index (χ4v) is 4.29. The van der Waals surface area contributed by atoms with E-state index in [9.17, 15) is 27.6 Å². The molecule has 45 heavy (non-hydrogen) atoms. The average molecular weight is 651 g/mol. The van der Waals surface area contributed by atoms with Crippen LogP contribution in [0.15, 0.2) is 48.5 Å². The molecule has 2 amide bonds. The lowest BCUT2D eigenvalue weighted by Gasteiger charge is -2.19. The SMILES string of the molecule is CNC(=O)C(=O)NCCC(Nc1ccc(Nc2nc(NC3(c4ccc(Cl)cc4)CC3)nc(OCC(F)(F)F)n2)cc1)C(=O)OC. The summed E-state index contributed by atoms with van der Waals surface area (Å²) in [6, 6.07) is 12.3. The van der Waals surface area contributed by atoms with Gasteiger partial charge in [0.15, 0.2) is 6.61 Å². The van der Waals surface area contributed by atoms with E-state index in [0.29, 0.717) is 16.4 Å². The number of carbonyl (C=O) groups excluding carboxylic acids is 3. The van der Waals surface area contributed by atoms with Crippen LogP contribution in [0.4, 0.5) is 36.4 Å². The van der Waals surface area contributed by atoms with Gasteiger partial charge in [-0.15, -0.1) is 0 Å². The van der Waals surface area contributed by atoms with Crippen LogP contribution in [0.5, 0.6) is 6.01 Å². The van der Waals surface area contributed by atoms with Crippen molar-refractivity contribution in [1.29, 1.82) is 0 Å². The van der Waals surface area contributed by atoms with Gasteiger partial charge in [0.05, 0.1) is 12.6 Å². The fourth-order valence-electron chi connectivity index (χ4n) is 4.17. The lowest BCUT2D eigenvalue weighted by molar-refractivity contribution is -0.154. The third kappa shape index (κ3) is 9.56. The Morgan fingerprint density at radius 2 is 1.60 bits per heavy atom. The van der Waals surface area contributed by atoms with Crippen molar-refractivity contribution < 1.29 is 37.0 Å². The highest BCUT2D eigenvalue weighted by Gasteiger charge is 2.45. The largest absolute Gasteiger partial charge is 0.467 e. The molecule has 0 saturated heterocycles. The zero-order valence-electron chi connectivity index (χ0n) is 24.1. The molecule has 0 spiro atoms. The van der Waals surface area contributed by atoms with E-state index in [2.05, 4.69) is 41.5 Å². The van der Waals surface area contributed by atoms with Crippen molar-refractivity contribution in [2.75, 3.05) is 43.3 Å². The van der Waals surface area contributed by atoms with Crippen molar-refractivity contribution in [2.24, 2.45) is 0 Å². The molecule has 1 aliphatic rings. The molecule has 240 valence electrons. The molecule has 1 heterocycles. The van der Waals surface area contributed by atoms with Gasteiger partial charge < -0.3 is 36.1 Å². The second-order valence-electron chi connectivity index (χ2n) is 9.93. The van der Waals surface area contributed by atoms with Gasteiger partial charge in [-0.2, -0.15) is 28.1 Å². The molecule has 1 aliphatic carbocycles. The maximum absolute atomic E-state index is 12.9. The zero-order valence-corrected chi connectivity index (χ0v) is 24.9. The summed E-state index contributed by atoms with van der Waals surface area (Å²) < 4.78 is 48.3. The minimum Gasteiger partial charge on any atom is -0.467 e. The summed E-state index contributed by atoms with van der Waals surface area (Å²) in [5, 5.41) is 14.3. The number of alkyl halides is 3. The van der Waals surface area contributed by atoms with Crippen LogP contribution >= 0.6 is 11.6 Å². The van der Waals surface area contributed by atoms with Gasteiger partial charge in [-0.3, -0.25) is 9.59 Å². The maximum atomic E-state index is 12.9. The van der Waals surface area contributed by atoms with E-state index in [1.807, 2.05) is 12.1 Å². The Labute approximate surface area is 260 Å². The maximum Gasteiger partial charge on any atom is 0.422 e. The van der Waals surface area contributed by atoms with E-state index in [1.165, 1.54) is 14.2 Å². The first-order valence-electron chi connectivity index (χ1n) is 13.6. The molecule has 1 unspecified atom stereocenters. The second kappa shape index (κ2) is 14.3. The number of ether oxygens (including phenoxy) is 2. The van der Waals surface area contributed by atoms with Crippen LogP contribution in [-0.2, 0) is 24.7 Å². The quantitative estimate of drug-likeness (QED) is 0.136. The van der Waals surface area contributed by atoms with Gasteiger partial charge in [0, 0.05) is 30.0 Å². The minimum atomic E-state index is -4.60. The molecule has 3 aromatic rings. The van der Waals surface area contributed by atoms with E-state index in [-0.39, 0.29) is 24.9 Å². The normalized spacial score (nSPS) is 14.0. The van der Waals surface area contributed by atoms with Gasteiger partial charge >= 0.3 is 30.0 Å². The summed E-state index contributed by atoms with van der Waals surface area (Å²) in [5.41, 5.74) is 1.38. The summed E-state index contributed by atoms with van der Waals surface area (Å²) in [7, 11) is 2.54. The smallest absolute Gasteiger partial charge is 0.422 e. The Hall–Kier alpha value is -4.86. The summed E-state index contributed by atoms with van der Waals surface area (Å²) in [4.78, 5) is 47.7. The lowest BCUT2D eigenvalue weighted by atomic mass is 10.1. The standard InChI is InChI=1S/C28H30ClF3N8O5/c1-33-21(41)22(42)34-14-11-20(23(43)44-2)35-18-7-9-19(10-8-18)36-24-37-25(39-26(38-24)45-15-28(30,31)32)40-27(12-13-27)16-3-5-17(29)6-4-16/h3-10,20,35H,11-15H2,1-2H3,(H,33,41)(H,34,42)(H2,36,37,38,39,40). The number of hydrogen-bond acceptors (Lipinski definition) is 11. The Morgan fingerprint density at radius 1 is 0.956 bits per heavy atom. The first kappa shape index (κ1) is 33.0. The van der Waals surface area contributed by atoms with E-state index >= 15 is 0 Å². The number of methoxy groups -OCH3 is 1. The highest BCUT2D eigenvalue weighted by atomic mass is 35.5. The molecule has 13 nitrogen and oxygen atoms in total. The number of amides is 2. The molecule has 0 bridgehead atoms. The van der Waals surface area contributed by atoms with Gasteiger partial charge in [-0.05, 0) is 61.2 Å². The van der Waals surface area contributed by atoms with Gasteiger partial charge in [0.25, 0.3) is 0 Å². The lowest BCUT2D eigenvalue weighted by Crippen LogP contribution is -2.41. The van der Waals surface area contributed by atoms with Crippen LogP contribution in [0.1, 0.15) is 24.8 Å². The third-order valence-corrected chi connectivity index (χ3v) is 6.85. The zero-order chi connectivity index (χ0) is 32.6. The molecule has 4 rings (SSSR count). The number of benzene rings is 2. The predicted octanol–water partition coefficient (Wildman–Crippen LogP) is 3.52. The van der Waals surface area contributed by atoms with Crippen molar-refractivity contribution in [2.45, 2.75) is 37.0 Å². The van der Waals surface area contributed by atoms with Crippen molar-refractivity contribution in [3.8, 4) is 6.01 Å². The van der Waals surface area contributed by atoms with E-state index in [1.54, 1.807) is 36.4 Å². The molecular weight excluding hydrogens is 621 g/mol. The molecule has 1 aromatic heterocycles. The van der Waals surface area contributed by atoms with Crippen LogP contribution in [0, 0.1) is 0 Å². The molecule has 17 heteroatoms. The Balaban J connectivity index is 1.46. The number of anilines is 4. The number of nitrogens with one attached hydrogen (secondary N) is 5. The van der Waals surface area contributed by atoms with E-state index in [4.69, 9.17) is 21.1 Å². The molecule has 1 fully saturated rings. The van der Waals surface area contributed by atoms with Crippen LogP contribution in [0.3, 0.4) is 0 Å². The Bertz CT molecular complexity index is 1510. The number of esters is 1. The highest BCUT2D eigenvalue weighted by molar-refractivity contribution is 6.35. The van der Waals surface area contributed by atoms with E-state index < -0.39 is 48.2 Å². The van der Waals surface area contributed by atoms with Crippen LogP contribution in [0.2, 0.25) is 5.02 Å². The molecule has 2 aromatic carbocycles.